The van der Waals surface area contributed by atoms with Gasteiger partial charge in [-0.15, -0.1) is 0 Å². The third-order valence-electron chi connectivity index (χ3n) is 4.39. The Kier molecular flexibility index (Phi) is 6.82. The number of hydrogen-bond acceptors (Lipinski definition) is 4. The highest BCUT2D eigenvalue weighted by molar-refractivity contribution is 7.92. The molecule has 0 atom stereocenters. The summed E-state index contributed by atoms with van der Waals surface area (Å²) in [4.78, 5) is 12.2. The normalized spacial score (nSPS) is 11.1. The lowest BCUT2D eigenvalue weighted by Gasteiger charge is -2.13. The van der Waals surface area contributed by atoms with Crippen LogP contribution < -0.4 is 14.8 Å². The zero-order valence-electron chi connectivity index (χ0n) is 16.8. The molecule has 0 fully saturated rings. The molecular formula is C22H20ClFN2O4S. The van der Waals surface area contributed by atoms with Crippen molar-refractivity contribution in [3.8, 4) is 5.75 Å². The molecule has 0 spiro atoms. The second-order valence-corrected chi connectivity index (χ2v) is 8.95. The smallest absolute Gasteiger partial charge is 0.262 e. The second kappa shape index (κ2) is 9.36. The van der Waals surface area contributed by atoms with Crippen LogP contribution in [0.3, 0.4) is 0 Å². The predicted octanol–water partition coefficient (Wildman–Crippen LogP) is 4.91. The number of halogens is 2. The number of ether oxygens (including phenoxy) is 1. The Morgan fingerprint density at radius 1 is 1.00 bits per heavy atom. The topological polar surface area (TPSA) is 84.5 Å². The molecule has 3 rings (SSSR count). The van der Waals surface area contributed by atoms with Crippen molar-refractivity contribution in [2.75, 3.05) is 16.6 Å². The number of hydrogen-bond donors (Lipinski definition) is 2. The molecule has 3 aromatic carbocycles. The van der Waals surface area contributed by atoms with E-state index in [1.165, 1.54) is 30.3 Å². The van der Waals surface area contributed by atoms with Crippen LogP contribution in [0.25, 0.3) is 0 Å². The molecule has 0 radical (unpaired) electrons. The van der Waals surface area contributed by atoms with Crippen LogP contribution >= 0.6 is 11.6 Å². The van der Waals surface area contributed by atoms with E-state index >= 15 is 0 Å². The Morgan fingerprint density at radius 2 is 1.71 bits per heavy atom. The van der Waals surface area contributed by atoms with Crippen LogP contribution in [-0.2, 0) is 14.8 Å². The van der Waals surface area contributed by atoms with E-state index in [4.69, 9.17) is 16.3 Å². The van der Waals surface area contributed by atoms with Crippen molar-refractivity contribution < 1.29 is 22.3 Å². The van der Waals surface area contributed by atoms with E-state index < -0.39 is 21.7 Å². The highest BCUT2D eigenvalue weighted by Gasteiger charge is 2.16. The summed E-state index contributed by atoms with van der Waals surface area (Å²) in [5.41, 5.74) is 1.99. The summed E-state index contributed by atoms with van der Waals surface area (Å²) < 4.78 is 46.5. The number of carbonyl (C=O) groups excluding carboxylic acids is 1. The molecular weight excluding hydrogens is 443 g/mol. The molecule has 0 saturated carbocycles. The summed E-state index contributed by atoms with van der Waals surface area (Å²) >= 11 is 5.81. The van der Waals surface area contributed by atoms with Crippen molar-refractivity contribution in [2.24, 2.45) is 0 Å². The first-order valence-electron chi connectivity index (χ1n) is 9.22. The lowest BCUT2D eigenvalue weighted by molar-refractivity contribution is -0.118. The minimum Gasteiger partial charge on any atom is -0.483 e. The van der Waals surface area contributed by atoms with Gasteiger partial charge in [-0.25, -0.2) is 12.8 Å². The van der Waals surface area contributed by atoms with Gasteiger partial charge in [-0.2, -0.15) is 0 Å². The Bertz CT molecular complexity index is 1210. The molecule has 3 aromatic rings. The molecule has 31 heavy (non-hydrogen) atoms. The fraction of sp³-hybridized carbons (Fsp3) is 0.136. The van der Waals surface area contributed by atoms with Crippen molar-refractivity contribution in [3.63, 3.8) is 0 Å². The Balaban J connectivity index is 1.65. The van der Waals surface area contributed by atoms with Crippen LogP contribution in [0.15, 0.2) is 65.6 Å². The van der Waals surface area contributed by atoms with Gasteiger partial charge in [-0.1, -0.05) is 17.7 Å². The molecule has 162 valence electrons. The van der Waals surface area contributed by atoms with Gasteiger partial charge in [0.1, 0.15) is 11.6 Å². The lowest BCUT2D eigenvalue weighted by Crippen LogP contribution is -2.21. The monoisotopic (exact) mass is 462 g/mol. The Morgan fingerprint density at radius 3 is 2.39 bits per heavy atom. The van der Waals surface area contributed by atoms with E-state index in [-0.39, 0.29) is 11.5 Å². The molecule has 0 aromatic heterocycles. The SMILES string of the molecule is Cc1ccc(F)cc1NC(=O)COc1ccc(S(=O)(=O)Nc2ccc(Cl)cc2)cc1C. The minimum absolute atomic E-state index is 0.0483. The number of benzene rings is 3. The van der Waals surface area contributed by atoms with Crippen molar-refractivity contribution in [1.82, 2.24) is 0 Å². The van der Waals surface area contributed by atoms with E-state index in [1.807, 2.05) is 0 Å². The molecule has 0 saturated heterocycles. The van der Waals surface area contributed by atoms with Gasteiger partial charge in [0.15, 0.2) is 6.61 Å². The minimum atomic E-state index is -3.81. The van der Waals surface area contributed by atoms with E-state index in [2.05, 4.69) is 10.0 Å². The average molecular weight is 463 g/mol. The van der Waals surface area contributed by atoms with Crippen molar-refractivity contribution in [2.45, 2.75) is 18.7 Å². The number of rotatable bonds is 7. The first-order valence-corrected chi connectivity index (χ1v) is 11.1. The van der Waals surface area contributed by atoms with Crippen LogP contribution in [0.4, 0.5) is 15.8 Å². The molecule has 2 N–H and O–H groups in total. The summed E-state index contributed by atoms with van der Waals surface area (Å²) in [6.07, 6.45) is 0. The van der Waals surface area contributed by atoms with Gasteiger partial charge >= 0.3 is 0 Å². The highest BCUT2D eigenvalue weighted by Crippen LogP contribution is 2.24. The largest absolute Gasteiger partial charge is 0.483 e. The summed E-state index contributed by atoms with van der Waals surface area (Å²) in [6, 6.07) is 14.7. The van der Waals surface area contributed by atoms with E-state index in [9.17, 15) is 17.6 Å². The molecule has 0 bridgehead atoms. The molecule has 1 amide bonds. The van der Waals surface area contributed by atoms with Crippen molar-refractivity contribution in [3.05, 3.63) is 82.6 Å². The van der Waals surface area contributed by atoms with Gasteiger partial charge < -0.3 is 10.1 Å². The zero-order chi connectivity index (χ0) is 22.6. The molecule has 0 heterocycles. The number of sulfonamides is 1. The van der Waals surface area contributed by atoms with Crippen molar-refractivity contribution in [1.29, 1.82) is 0 Å². The standard InChI is InChI=1S/C22H20ClFN2O4S/c1-14-3-6-17(24)12-20(14)25-22(27)13-30-21-10-9-19(11-15(21)2)31(28,29)26-18-7-4-16(23)5-8-18/h3-12,26H,13H2,1-2H3,(H,25,27). The van der Waals surface area contributed by atoms with Gasteiger partial charge in [0.25, 0.3) is 15.9 Å². The summed E-state index contributed by atoms with van der Waals surface area (Å²) in [5.74, 6) is -0.563. The molecule has 0 unspecified atom stereocenters. The average Bonchev–Trinajstić information content (AvgIpc) is 2.71. The van der Waals surface area contributed by atoms with Crippen molar-refractivity contribution >= 4 is 38.9 Å². The first-order chi connectivity index (χ1) is 14.6. The summed E-state index contributed by atoms with van der Waals surface area (Å²) in [6.45, 7) is 3.11. The Labute approximate surface area is 185 Å². The number of nitrogens with one attached hydrogen (secondary N) is 2. The quantitative estimate of drug-likeness (QED) is 0.522. The summed E-state index contributed by atoms with van der Waals surface area (Å²) in [5, 5.41) is 3.09. The third-order valence-corrected chi connectivity index (χ3v) is 6.02. The maximum Gasteiger partial charge on any atom is 0.262 e. The van der Waals surface area contributed by atoms with E-state index in [0.717, 1.165) is 0 Å². The fourth-order valence-electron chi connectivity index (χ4n) is 2.74. The molecule has 9 heteroatoms. The zero-order valence-corrected chi connectivity index (χ0v) is 18.4. The van der Waals surface area contributed by atoms with Gasteiger partial charge in [-0.05, 0) is 79.6 Å². The molecule has 6 nitrogen and oxygen atoms in total. The van der Waals surface area contributed by atoms with E-state index in [0.29, 0.717) is 33.3 Å². The highest BCUT2D eigenvalue weighted by atomic mass is 35.5. The van der Waals surface area contributed by atoms with Gasteiger partial charge in [0.05, 0.1) is 4.90 Å². The maximum absolute atomic E-state index is 13.3. The Hall–Kier alpha value is -3.10. The van der Waals surface area contributed by atoms with Gasteiger partial charge in [0, 0.05) is 16.4 Å². The van der Waals surface area contributed by atoms with Gasteiger partial charge in [0.2, 0.25) is 0 Å². The molecule has 0 aliphatic heterocycles. The van der Waals surface area contributed by atoms with Crippen LogP contribution in [-0.4, -0.2) is 20.9 Å². The second-order valence-electron chi connectivity index (χ2n) is 6.84. The summed E-state index contributed by atoms with van der Waals surface area (Å²) in [7, 11) is -3.81. The van der Waals surface area contributed by atoms with Crippen LogP contribution in [0.1, 0.15) is 11.1 Å². The predicted molar refractivity (Wildman–Crippen MR) is 119 cm³/mol. The number of anilines is 2. The fourth-order valence-corrected chi connectivity index (χ4v) is 4.01. The first kappa shape index (κ1) is 22.6. The third kappa shape index (κ3) is 5.96. The van der Waals surface area contributed by atoms with Gasteiger partial charge in [-0.3, -0.25) is 9.52 Å². The lowest BCUT2D eigenvalue weighted by atomic mass is 10.2. The number of amides is 1. The number of aryl methyl sites for hydroxylation is 2. The van der Waals surface area contributed by atoms with Crippen LogP contribution in [0.5, 0.6) is 5.75 Å². The van der Waals surface area contributed by atoms with Crippen LogP contribution in [0, 0.1) is 19.7 Å². The van der Waals surface area contributed by atoms with E-state index in [1.54, 1.807) is 44.2 Å². The molecule has 0 aliphatic carbocycles. The van der Waals surface area contributed by atoms with Crippen LogP contribution in [0.2, 0.25) is 5.02 Å². The maximum atomic E-state index is 13.3. The number of carbonyl (C=O) groups is 1. The molecule has 0 aliphatic rings.